The van der Waals surface area contributed by atoms with Crippen LogP contribution in [0.4, 0.5) is 0 Å². The third-order valence-electron chi connectivity index (χ3n) is 3.26. The van der Waals surface area contributed by atoms with Crippen LogP contribution in [0.5, 0.6) is 0 Å². The van der Waals surface area contributed by atoms with Crippen LogP contribution in [0.25, 0.3) is 0 Å². The molecule has 0 unspecified atom stereocenters. The van der Waals surface area contributed by atoms with Gasteiger partial charge in [-0.1, -0.05) is 0 Å². The molecule has 6 nitrogen and oxygen atoms in total. The lowest BCUT2D eigenvalue weighted by atomic mass is 10.1. The molecular weight excluding hydrogens is 288 g/mol. The molecule has 0 aromatic rings. The molecule has 22 heavy (non-hydrogen) atoms. The van der Waals surface area contributed by atoms with E-state index in [4.69, 9.17) is 19.3 Å². The van der Waals surface area contributed by atoms with E-state index in [1.807, 2.05) is 20.8 Å². The van der Waals surface area contributed by atoms with Crippen LogP contribution in [-0.4, -0.2) is 48.1 Å². The van der Waals surface area contributed by atoms with Crippen molar-refractivity contribution in [1.29, 1.82) is 0 Å². The Kier molecular flexibility index (Phi) is 7.82. The van der Waals surface area contributed by atoms with Gasteiger partial charge in [-0.2, -0.15) is 0 Å². The van der Waals surface area contributed by atoms with E-state index in [1.165, 1.54) is 0 Å². The number of carbonyl (C=O) groups excluding carboxylic acids is 2. The molecule has 2 atom stereocenters. The van der Waals surface area contributed by atoms with Crippen LogP contribution >= 0.6 is 0 Å². The van der Waals surface area contributed by atoms with E-state index < -0.39 is 5.60 Å². The fourth-order valence-corrected chi connectivity index (χ4v) is 2.23. The highest BCUT2D eigenvalue weighted by atomic mass is 16.6. The molecule has 128 valence electrons. The number of hydrogen-bond donors (Lipinski definition) is 1. The van der Waals surface area contributed by atoms with E-state index in [9.17, 15) is 9.59 Å². The standard InChI is InChI=1S/C16H28O6/c1-16(2,3)22-15(19)7-5-4-6-14(18)20-11-13-9-8-12(10-17)21-13/h12-13,17H,4-11H2,1-3H3/t12-,13-/m0/s1. The summed E-state index contributed by atoms with van der Waals surface area (Å²) in [7, 11) is 0. The molecule has 0 bridgehead atoms. The Bertz CT molecular complexity index is 360. The fraction of sp³-hybridized carbons (Fsp3) is 0.875. The topological polar surface area (TPSA) is 82.1 Å². The summed E-state index contributed by atoms with van der Waals surface area (Å²) < 4.78 is 15.8. The van der Waals surface area contributed by atoms with Crippen molar-refractivity contribution in [3.05, 3.63) is 0 Å². The summed E-state index contributed by atoms with van der Waals surface area (Å²) in [6.07, 6.45) is 3.18. The van der Waals surface area contributed by atoms with Crippen LogP contribution in [0.1, 0.15) is 59.3 Å². The van der Waals surface area contributed by atoms with Gasteiger partial charge in [0.15, 0.2) is 0 Å². The van der Waals surface area contributed by atoms with Crippen LogP contribution < -0.4 is 0 Å². The second kappa shape index (κ2) is 9.10. The molecule has 1 N–H and O–H groups in total. The van der Waals surface area contributed by atoms with Crippen molar-refractivity contribution in [3.8, 4) is 0 Å². The van der Waals surface area contributed by atoms with Gasteiger partial charge in [0.2, 0.25) is 0 Å². The summed E-state index contributed by atoms with van der Waals surface area (Å²) in [5.41, 5.74) is -0.469. The average Bonchev–Trinajstić information content (AvgIpc) is 2.87. The van der Waals surface area contributed by atoms with Gasteiger partial charge in [-0.25, -0.2) is 0 Å². The molecule has 1 aliphatic heterocycles. The summed E-state index contributed by atoms with van der Waals surface area (Å²) in [5.74, 6) is -0.518. The number of aliphatic hydroxyl groups is 1. The Labute approximate surface area is 132 Å². The second-order valence-corrected chi connectivity index (χ2v) is 6.62. The van der Waals surface area contributed by atoms with E-state index in [0.717, 1.165) is 12.8 Å². The number of carbonyl (C=O) groups is 2. The molecule has 0 aromatic carbocycles. The van der Waals surface area contributed by atoms with Gasteiger partial charge in [-0.05, 0) is 46.5 Å². The molecule has 1 heterocycles. The lowest BCUT2D eigenvalue weighted by Gasteiger charge is -2.19. The molecule has 0 radical (unpaired) electrons. The van der Waals surface area contributed by atoms with E-state index in [1.54, 1.807) is 0 Å². The molecule has 1 rings (SSSR count). The van der Waals surface area contributed by atoms with E-state index >= 15 is 0 Å². The van der Waals surface area contributed by atoms with Crippen molar-refractivity contribution in [3.63, 3.8) is 0 Å². The number of aliphatic hydroxyl groups excluding tert-OH is 1. The third kappa shape index (κ3) is 8.34. The van der Waals surface area contributed by atoms with Crippen molar-refractivity contribution >= 4 is 11.9 Å². The Hall–Kier alpha value is -1.14. The van der Waals surface area contributed by atoms with Gasteiger partial charge in [0.05, 0.1) is 18.8 Å². The molecular formula is C16H28O6. The quantitative estimate of drug-likeness (QED) is 0.544. The van der Waals surface area contributed by atoms with Crippen LogP contribution in [0, 0.1) is 0 Å². The van der Waals surface area contributed by atoms with E-state index in [2.05, 4.69) is 0 Å². The lowest BCUT2D eigenvalue weighted by Crippen LogP contribution is -2.23. The average molecular weight is 316 g/mol. The first-order valence-corrected chi connectivity index (χ1v) is 7.94. The van der Waals surface area contributed by atoms with Gasteiger partial charge in [0, 0.05) is 12.8 Å². The maximum Gasteiger partial charge on any atom is 0.306 e. The number of rotatable bonds is 8. The van der Waals surface area contributed by atoms with Gasteiger partial charge in [-0.15, -0.1) is 0 Å². The minimum Gasteiger partial charge on any atom is -0.463 e. The van der Waals surface area contributed by atoms with Crippen LogP contribution in [-0.2, 0) is 23.8 Å². The van der Waals surface area contributed by atoms with Crippen molar-refractivity contribution < 1.29 is 28.9 Å². The van der Waals surface area contributed by atoms with E-state index in [0.29, 0.717) is 25.7 Å². The first-order chi connectivity index (χ1) is 10.3. The van der Waals surface area contributed by atoms with Crippen LogP contribution in [0.3, 0.4) is 0 Å². The minimum absolute atomic E-state index is 0.00904. The lowest BCUT2D eigenvalue weighted by molar-refractivity contribution is -0.155. The van der Waals surface area contributed by atoms with Gasteiger partial charge in [0.1, 0.15) is 12.2 Å². The van der Waals surface area contributed by atoms with Crippen LogP contribution in [0.2, 0.25) is 0 Å². The molecule has 1 fully saturated rings. The molecule has 0 amide bonds. The highest BCUT2D eigenvalue weighted by Crippen LogP contribution is 2.19. The van der Waals surface area contributed by atoms with Crippen molar-refractivity contribution in [1.82, 2.24) is 0 Å². The smallest absolute Gasteiger partial charge is 0.306 e. The zero-order valence-electron chi connectivity index (χ0n) is 13.8. The Morgan fingerprint density at radius 3 is 2.23 bits per heavy atom. The molecule has 1 aliphatic rings. The van der Waals surface area contributed by atoms with Crippen molar-refractivity contribution in [2.75, 3.05) is 13.2 Å². The Morgan fingerprint density at radius 1 is 1.09 bits per heavy atom. The maximum atomic E-state index is 11.6. The summed E-state index contributed by atoms with van der Waals surface area (Å²) in [6, 6.07) is 0. The highest BCUT2D eigenvalue weighted by Gasteiger charge is 2.25. The normalized spacial score (nSPS) is 21.6. The first kappa shape index (κ1) is 18.9. The Morgan fingerprint density at radius 2 is 1.68 bits per heavy atom. The van der Waals surface area contributed by atoms with Gasteiger partial charge in [-0.3, -0.25) is 9.59 Å². The number of hydrogen-bond acceptors (Lipinski definition) is 6. The van der Waals surface area contributed by atoms with Gasteiger partial charge < -0.3 is 19.3 Å². The Balaban J connectivity index is 2.03. The highest BCUT2D eigenvalue weighted by molar-refractivity contribution is 5.70. The monoisotopic (exact) mass is 316 g/mol. The van der Waals surface area contributed by atoms with Crippen molar-refractivity contribution in [2.45, 2.75) is 77.1 Å². The van der Waals surface area contributed by atoms with Gasteiger partial charge >= 0.3 is 11.9 Å². The van der Waals surface area contributed by atoms with Crippen LogP contribution in [0.15, 0.2) is 0 Å². The van der Waals surface area contributed by atoms with E-state index in [-0.39, 0.29) is 37.4 Å². The SMILES string of the molecule is CC(C)(C)OC(=O)CCCCC(=O)OC[C@@H]1CC[C@@H](CO)O1. The molecule has 0 aliphatic carbocycles. The third-order valence-corrected chi connectivity index (χ3v) is 3.26. The maximum absolute atomic E-state index is 11.6. The largest absolute Gasteiger partial charge is 0.463 e. The predicted octanol–water partition coefficient (Wildman–Crippen LogP) is 1.97. The summed E-state index contributed by atoms with van der Waals surface area (Å²) in [5, 5.41) is 8.95. The first-order valence-electron chi connectivity index (χ1n) is 7.94. The zero-order valence-corrected chi connectivity index (χ0v) is 13.8. The summed E-state index contributed by atoms with van der Waals surface area (Å²) >= 11 is 0. The van der Waals surface area contributed by atoms with Crippen molar-refractivity contribution in [2.24, 2.45) is 0 Å². The summed E-state index contributed by atoms with van der Waals surface area (Å²) in [6.45, 7) is 5.73. The molecule has 6 heteroatoms. The van der Waals surface area contributed by atoms with Gasteiger partial charge in [0.25, 0.3) is 0 Å². The second-order valence-electron chi connectivity index (χ2n) is 6.62. The number of ether oxygens (including phenoxy) is 3. The molecule has 1 saturated heterocycles. The number of esters is 2. The fourth-order valence-electron chi connectivity index (χ4n) is 2.23. The number of unbranched alkanes of at least 4 members (excludes halogenated alkanes) is 1. The molecule has 0 spiro atoms. The molecule has 0 aromatic heterocycles. The zero-order chi connectivity index (χ0) is 16.6. The molecule has 0 saturated carbocycles. The minimum atomic E-state index is -0.469. The predicted molar refractivity (Wildman–Crippen MR) is 80.3 cm³/mol. The summed E-state index contributed by atoms with van der Waals surface area (Å²) in [4.78, 5) is 23.1.